The van der Waals surface area contributed by atoms with Gasteiger partial charge in [-0.05, 0) is 85.8 Å². The summed E-state index contributed by atoms with van der Waals surface area (Å²) >= 11 is 0. The lowest BCUT2D eigenvalue weighted by Gasteiger charge is -2.19. The van der Waals surface area contributed by atoms with Crippen molar-refractivity contribution in [2.45, 2.75) is 91.9 Å². The summed E-state index contributed by atoms with van der Waals surface area (Å²) in [5.41, 5.74) is 17.7. The molecule has 11 heteroatoms. The van der Waals surface area contributed by atoms with E-state index in [2.05, 4.69) is 55.4 Å². The fourth-order valence-electron chi connectivity index (χ4n) is 7.07. The number of aromatic amines is 2. The Labute approximate surface area is 301 Å². The van der Waals surface area contributed by atoms with Gasteiger partial charge in [0.05, 0.1) is 36.9 Å². The van der Waals surface area contributed by atoms with E-state index in [9.17, 15) is 20.4 Å². The van der Waals surface area contributed by atoms with Gasteiger partial charge in [-0.3, -0.25) is 0 Å². The molecule has 7 N–H and O–H groups in total. The average Bonchev–Trinajstić information content (AvgIpc) is 3.60. The molecule has 5 rings (SSSR count). The fourth-order valence-corrected chi connectivity index (χ4v) is 7.07. The normalized spacial score (nSPS) is 14.3. The molecule has 51 heavy (non-hydrogen) atoms. The molecule has 6 bridgehead atoms. The van der Waals surface area contributed by atoms with Gasteiger partial charge in [0, 0.05) is 69.6 Å². The zero-order valence-electron chi connectivity index (χ0n) is 30.7. The number of nitrogens with one attached hydrogen (secondary N) is 3. The molecule has 0 saturated carbocycles. The highest BCUT2D eigenvalue weighted by molar-refractivity contribution is 5.85. The van der Waals surface area contributed by atoms with Crippen molar-refractivity contribution in [3.05, 3.63) is 80.1 Å². The van der Waals surface area contributed by atoms with Crippen molar-refractivity contribution in [3.8, 4) is 11.5 Å². The molecule has 0 amide bonds. The zero-order chi connectivity index (χ0) is 36.3. The van der Waals surface area contributed by atoms with E-state index in [0.717, 1.165) is 77.4 Å². The number of aliphatic hydroxyl groups is 4. The maximum atomic E-state index is 9.74. The first-order chi connectivity index (χ1) is 24.9. The summed E-state index contributed by atoms with van der Waals surface area (Å²) in [5, 5.41) is 38.4. The largest absolute Gasteiger partial charge is 0.490 e. The minimum Gasteiger partial charge on any atom is -0.490 e. The van der Waals surface area contributed by atoms with Crippen LogP contribution in [0.5, 0.6) is 11.5 Å². The number of benzene rings is 1. The van der Waals surface area contributed by atoms with Crippen LogP contribution >= 0.6 is 0 Å². The maximum Gasteiger partial charge on any atom is 0.265 e. The van der Waals surface area contributed by atoms with E-state index in [1.165, 1.54) is 22.3 Å². The van der Waals surface area contributed by atoms with Crippen LogP contribution in [0.15, 0.2) is 40.0 Å². The van der Waals surface area contributed by atoms with E-state index in [1.807, 2.05) is 23.0 Å². The highest BCUT2D eigenvalue weighted by Crippen LogP contribution is 2.41. The lowest BCUT2D eigenvalue weighted by Crippen LogP contribution is -2.30. The van der Waals surface area contributed by atoms with Gasteiger partial charge in [-0.1, -0.05) is 24.6 Å². The van der Waals surface area contributed by atoms with Crippen molar-refractivity contribution < 1.29 is 34.6 Å². The second-order valence-corrected chi connectivity index (χ2v) is 13.2. The third-order valence-corrected chi connectivity index (χ3v) is 9.84. The lowest BCUT2D eigenvalue weighted by molar-refractivity contribution is -0.493. The Morgan fingerprint density at radius 1 is 0.765 bits per heavy atom. The number of aromatic nitrogens is 2. The van der Waals surface area contributed by atoms with E-state index in [0.29, 0.717) is 62.5 Å². The number of aliphatic imine (C=N–C) groups is 1. The lowest BCUT2D eigenvalue weighted by atomic mass is 9.94. The monoisotopic (exact) mass is 702 g/mol. The second kappa shape index (κ2) is 18.4. The predicted molar refractivity (Wildman–Crippen MR) is 201 cm³/mol. The molecule has 0 unspecified atom stereocenters. The van der Waals surface area contributed by atoms with Crippen molar-refractivity contribution >= 4 is 23.8 Å². The third kappa shape index (κ3) is 8.84. The Hall–Kier alpha value is -4.16. The topological polar surface area (TPSA) is 158 Å². The molecule has 2 aliphatic heterocycles. The van der Waals surface area contributed by atoms with E-state index in [1.54, 1.807) is 0 Å². The van der Waals surface area contributed by atoms with Gasteiger partial charge in [-0.25, -0.2) is 4.99 Å². The highest BCUT2D eigenvalue weighted by atomic mass is 16.5. The SMILES string of the molecule is CCC1=CCc2[nH]c(c(C)c2CCCO)C=Nc2cc(OCCCO)c(OCCCO)cc2[N+]2=Cc3[nH]c(c(CCCO)c3C)CC(=C1CC)N2. The summed E-state index contributed by atoms with van der Waals surface area (Å²) in [6.07, 6.45) is 13.2. The summed E-state index contributed by atoms with van der Waals surface area (Å²) in [6.45, 7) is 9.52. The van der Waals surface area contributed by atoms with Gasteiger partial charge in [0.15, 0.2) is 11.5 Å². The van der Waals surface area contributed by atoms with Crippen molar-refractivity contribution in [2.24, 2.45) is 4.99 Å². The van der Waals surface area contributed by atoms with Gasteiger partial charge >= 0.3 is 0 Å². The number of rotatable bonds is 16. The number of nitrogens with zero attached hydrogens (tertiary/aromatic N) is 2. The van der Waals surface area contributed by atoms with Crippen LogP contribution in [0.1, 0.15) is 97.4 Å². The Bertz CT molecular complexity index is 1780. The molecule has 2 aliphatic rings. The number of hydrazone groups is 1. The standard InChI is InChI=1S/C40H55N5O6/c1-5-28-13-14-32-30(11-7-15-46)26(3)36(42-32)24-41-35-22-39(50-19-9-17-48)40(51-20-10-18-49)23-38(35)45-25-37-27(4)31(12-8-16-47)33(43-37)21-34(44-45)29(28)6-2/h13,22-25,44,46-49H,5-12,14-21H2,1-4H3,(H,41,42)/p+1. The van der Waals surface area contributed by atoms with E-state index in [-0.39, 0.29) is 26.4 Å². The first-order valence-electron chi connectivity index (χ1n) is 18.5. The molecule has 0 saturated heterocycles. The smallest absolute Gasteiger partial charge is 0.265 e. The first kappa shape index (κ1) is 38.1. The van der Waals surface area contributed by atoms with Crippen LogP contribution in [0.4, 0.5) is 11.4 Å². The molecule has 0 atom stereocenters. The van der Waals surface area contributed by atoms with Crippen LogP contribution in [0.25, 0.3) is 0 Å². The Morgan fingerprint density at radius 3 is 2.00 bits per heavy atom. The van der Waals surface area contributed by atoms with Crippen LogP contribution in [0.3, 0.4) is 0 Å². The molecule has 0 radical (unpaired) electrons. The molecule has 0 spiro atoms. The van der Waals surface area contributed by atoms with Gasteiger partial charge in [0.2, 0.25) is 6.21 Å². The summed E-state index contributed by atoms with van der Waals surface area (Å²) in [7, 11) is 0. The number of fused-ring (bicyclic) bond motifs is 8. The molecule has 4 heterocycles. The number of ether oxygens (including phenoxy) is 2. The molecular weight excluding hydrogens is 646 g/mol. The summed E-state index contributed by atoms with van der Waals surface area (Å²) in [4.78, 5) is 12.5. The molecule has 3 aromatic rings. The molecule has 0 aliphatic carbocycles. The average molecular weight is 703 g/mol. The van der Waals surface area contributed by atoms with Gasteiger partial charge in [0.25, 0.3) is 5.69 Å². The molecule has 276 valence electrons. The van der Waals surface area contributed by atoms with Gasteiger partial charge in [0.1, 0.15) is 11.4 Å². The zero-order valence-corrected chi connectivity index (χ0v) is 30.7. The Balaban J connectivity index is 1.82. The van der Waals surface area contributed by atoms with Crippen LogP contribution in [-0.2, 0) is 25.7 Å². The van der Waals surface area contributed by atoms with Crippen LogP contribution in [0.2, 0.25) is 0 Å². The van der Waals surface area contributed by atoms with E-state index in [4.69, 9.17) is 14.5 Å². The van der Waals surface area contributed by atoms with Crippen molar-refractivity contribution in [1.82, 2.24) is 15.4 Å². The van der Waals surface area contributed by atoms with Crippen LogP contribution in [0, 0.1) is 13.8 Å². The van der Waals surface area contributed by atoms with Crippen molar-refractivity contribution in [3.63, 3.8) is 0 Å². The number of aliphatic hydroxyl groups excluding tert-OH is 4. The summed E-state index contributed by atoms with van der Waals surface area (Å²) in [6, 6.07) is 3.81. The summed E-state index contributed by atoms with van der Waals surface area (Å²) in [5.74, 6) is 1.02. The molecule has 11 nitrogen and oxygen atoms in total. The number of hydrazine groups is 1. The molecular formula is C40H56N5O6+. The van der Waals surface area contributed by atoms with Crippen molar-refractivity contribution in [1.29, 1.82) is 0 Å². The first-order valence-corrected chi connectivity index (χ1v) is 18.5. The number of allylic oxidation sites excluding steroid dienone is 4. The Kier molecular flexibility index (Phi) is 13.7. The minimum absolute atomic E-state index is 0.00342. The number of H-pyrrole nitrogens is 2. The molecule has 2 aromatic heterocycles. The number of hydrogen-bond acceptors (Lipinski definition) is 8. The van der Waals surface area contributed by atoms with E-state index < -0.39 is 0 Å². The highest BCUT2D eigenvalue weighted by Gasteiger charge is 2.29. The minimum atomic E-state index is 0.00342. The second-order valence-electron chi connectivity index (χ2n) is 13.2. The molecule has 0 fully saturated rings. The third-order valence-electron chi connectivity index (χ3n) is 9.84. The van der Waals surface area contributed by atoms with Crippen LogP contribution in [-0.4, -0.2) is 87.1 Å². The number of hydrogen-bond donors (Lipinski definition) is 7. The Morgan fingerprint density at radius 2 is 1.37 bits per heavy atom. The summed E-state index contributed by atoms with van der Waals surface area (Å²) < 4.78 is 14.4. The van der Waals surface area contributed by atoms with Gasteiger partial charge < -0.3 is 39.9 Å². The maximum absolute atomic E-state index is 9.74. The van der Waals surface area contributed by atoms with Gasteiger partial charge in [-0.2, -0.15) is 5.43 Å². The fraction of sp³-hybridized carbons (Fsp3) is 0.500. The van der Waals surface area contributed by atoms with Crippen LogP contribution < -0.4 is 14.9 Å². The molecule has 1 aromatic carbocycles. The van der Waals surface area contributed by atoms with Gasteiger partial charge in [-0.15, -0.1) is 0 Å². The van der Waals surface area contributed by atoms with E-state index >= 15 is 0 Å². The predicted octanol–water partition coefficient (Wildman–Crippen LogP) is 5.46. The van der Waals surface area contributed by atoms with Crippen molar-refractivity contribution in [2.75, 3.05) is 39.6 Å². The quantitative estimate of drug-likeness (QED) is 0.0772.